The van der Waals surface area contributed by atoms with E-state index in [1.807, 2.05) is 0 Å². The summed E-state index contributed by atoms with van der Waals surface area (Å²) in [6.07, 6.45) is 9.71. The van der Waals surface area contributed by atoms with Crippen LogP contribution in [0.15, 0.2) is 31.2 Å². The fourth-order valence-corrected chi connectivity index (χ4v) is 1.30. The predicted molar refractivity (Wildman–Crippen MR) is 70.6 cm³/mol. The van der Waals surface area contributed by atoms with Gasteiger partial charge in [-0.05, 0) is 12.8 Å². The molecule has 4 nitrogen and oxygen atoms in total. The molecule has 104 valence electrons. The van der Waals surface area contributed by atoms with Gasteiger partial charge < -0.3 is 4.89 Å². The van der Waals surface area contributed by atoms with Crippen molar-refractivity contribution < 1.29 is 19.6 Å². The van der Waals surface area contributed by atoms with Crippen LogP contribution in [-0.4, -0.2) is 19.8 Å². The lowest BCUT2D eigenvalue weighted by Crippen LogP contribution is -1.96. The predicted octanol–water partition coefficient (Wildman–Crippen LogP) is 3.71. The highest BCUT2D eigenvalue weighted by Crippen LogP contribution is 2.05. The van der Waals surface area contributed by atoms with E-state index in [0.29, 0.717) is 19.8 Å². The van der Waals surface area contributed by atoms with Crippen molar-refractivity contribution in [3.05, 3.63) is 31.2 Å². The van der Waals surface area contributed by atoms with Crippen LogP contribution >= 0.6 is 0 Å². The van der Waals surface area contributed by atoms with Crippen molar-refractivity contribution in [2.45, 2.75) is 38.5 Å². The quantitative estimate of drug-likeness (QED) is 0.119. The summed E-state index contributed by atoms with van der Waals surface area (Å²) in [4.78, 5) is 19.2. The van der Waals surface area contributed by atoms with Gasteiger partial charge >= 0.3 is 0 Å². The second-order valence-electron chi connectivity index (χ2n) is 3.76. The monoisotopic (exact) mass is 256 g/mol. The highest BCUT2D eigenvalue weighted by molar-refractivity contribution is 4.62. The van der Waals surface area contributed by atoms with Gasteiger partial charge in [-0.15, -0.1) is 6.58 Å². The van der Waals surface area contributed by atoms with Crippen LogP contribution in [0.1, 0.15) is 38.5 Å². The molecule has 0 bridgehead atoms. The number of rotatable bonds is 14. The average Bonchev–Trinajstić information content (AvgIpc) is 2.39. The van der Waals surface area contributed by atoms with Crippen LogP contribution < -0.4 is 0 Å². The van der Waals surface area contributed by atoms with Gasteiger partial charge in [-0.3, -0.25) is 0 Å². The Morgan fingerprint density at radius 2 is 1.44 bits per heavy atom. The summed E-state index contributed by atoms with van der Waals surface area (Å²) in [7, 11) is 0. The third-order valence-corrected chi connectivity index (χ3v) is 2.17. The number of unbranched alkanes of at least 4 members (excludes halogenated alkanes) is 5. The maximum atomic E-state index is 4.93. The SMILES string of the molecule is C=C=COOCCCCCCCCOOCC=C. The van der Waals surface area contributed by atoms with E-state index in [1.54, 1.807) is 6.08 Å². The minimum Gasteiger partial charge on any atom is -0.337 e. The van der Waals surface area contributed by atoms with Crippen LogP contribution in [0, 0.1) is 0 Å². The summed E-state index contributed by atoms with van der Waals surface area (Å²) in [5.74, 6) is 0. The van der Waals surface area contributed by atoms with Crippen molar-refractivity contribution in [2.75, 3.05) is 19.8 Å². The molecule has 0 fully saturated rings. The highest BCUT2D eigenvalue weighted by atomic mass is 17.2. The van der Waals surface area contributed by atoms with Gasteiger partial charge in [0.25, 0.3) is 0 Å². The molecule has 0 saturated carbocycles. The normalized spacial score (nSPS) is 9.78. The fourth-order valence-electron chi connectivity index (χ4n) is 1.30. The van der Waals surface area contributed by atoms with Crippen LogP contribution in [0.4, 0.5) is 0 Å². The van der Waals surface area contributed by atoms with Crippen LogP contribution in [0.25, 0.3) is 0 Å². The summed E-state index contributed by atoms with van der Waals surface area (Å²) < 4.78 is 0. The zero-order valence-corrected chi connectivity index (χ0v) is 11.1. The number of hydrogen-bond donors (Lipinski definition) is 0. The molecule has 0 N–H and O–H groups in total. The largest absolute Gasteiger partial charge is 0.337 e. The van der Waals surface area contributed by atoms with E-state index < -0.39 is 0 Å². The van der Waals surface area contributed by atoms with Gasteiger partial charge in [0.05, 0.1) is 13.2 Å². The topological polar surface area (TPSA) is 36.9 Å². The minimum absolute atomic E-state index is 0.448. The molecule has 0 aromatic carbocycles. The molecule has 0 aliphatic rings. The highest BCUT2D eigenvalue weighted by Gasteiger charge is 1.93. The molecule has 0 unspecified atom stereocenters. The van der Waals surface area contributed by atoms with Crippen LogP contribution in [-0.2, 0) is 19.6 Å². The van der Waals surface area contributed by atoms with Crippen LogP contribution in [0.5, 0.6) is 0 Å². The second kappa shape index (κ2) is 15.9. The van der Waals surface area contributed by atoms with Gasteiger partial charge in [0, 0.05) is 0 Å². The van der Waals surface area contributed by atoms with E-state index in [1.165, 1.54) is 19.1 Å². The Balaban J connectivity index is 2.94. The second-order valence-corrected chi connectivity index (χ2v) is 3.76. The van der Waals surface area contributed by atoms with Gasteiger partial charge in [-0.2, -0.15) is 4.89 Å². The maximum Gasteiger partial charge on any atom is 0.171 e. The minimum atomic E-state index is 0.448. The first-order chi connectivity index (χ1) is 8.91. The molecule has 0 aliphatic carbocycles. The van der Waals surface area contributed by atoms with Gasteiger partial charge in [0.1, 0.15) is 6.61 Å². The molecule has 0 radical (unpaired) electrons. The Labute approximate surface area is 110 Å². The van der Waals surface area contributed by atoms with E-state index in [2.05, 4.69) is 23.8 Å². The summed E-state index contributed by atoms with van der Waals surface area (Å²) in [5, 5.41) is 0. The molecule has 0 rings (SSSR count). The van der Waals surface area contributed by atoms with E-state index in [9.17, 15) is 0 Å². The number of hydrogen-bond acceptors (Lipinski definition) is 4. The van der Waals surface area contributed by atoms with Crippen molar-refractivity contribution >= 4 is 0 Å². The fraction of sp³-hybridized carbons (Fsp3) is 0.643. The Kier molecular flexibility index (Phi) is 15.0. The smallest absolute Gasteiger partial charge is 0.171 e. The third kappa shape index (κ3) is 14.9. The Bertz CT molecular complexity index is 222. The molecule has 18 heavy (non-hydrogen) atoms. The third-order valence-electron chi connectivity index (χ3n) is 2.17. The molecule has 0 atom stereocenters. The van der Waals surface area contributed by atoms with E-state index in [-0.39, 0.29) is 0 Å². The van der Waals surface area contributed by atoms with Gasteiger partial charge in [0.15, 0.2) is 6.26 Å². The summed E-state index contributed by atoms with van der Waals surface area (Å²) in [6, 6.07) is 0. The lowest BCUT2D eigenvalue weighted by atomic mass is 10.1. The first-order valence-corrected chi connectivity index (χ1v) is 6.39. The van der Waals surface area contributed by atoms with Crippen LogP contribution in [0.2, 0.25) is 0 Å². The van der Waals surface area contributed by atoms with Crippen LogP contribution in [0.3, 0.4) is 0 Å². The van der Waals surface area contributed by atoms with Crippen molar-refractivity contribution in [1.29, 1.82) is 0 Å². The summed E-state index contributed by atoms with van der Waals surface area (Å²) in [5.41, 5.74) is 2.46. The lowest BCUT2D eigenvalue weighted by molar-refractivity contribution is -0.286. The van der Waals surface area contributed by atoms with E-state index in [4.69, 9.17) is 14.7 Å². The Hall–Kier alpha value is -1.06. The molecule has 0 aliphatic heterocycles. The van der Waals surface area contributed by atoms with E-state index in [0.717, 1.165) is 25.7 Å². The molecule has 4 heteroatoms. The van der Waals surface area contributed by atoms with Gasteiger partial charge in [-0.1, -0.05) is 44.1 Å². The van der Waals surface area contributed by atoms with Gasteiger partial charge in [-0.25, -0.2) is 9.78 Å². The first-order valence-electron chi connectivity index (χ1n) is 6.39. The molecular weight excluding hydrogens is 232 g/mol. The maximum absolute atomic E-state index is 4.93. The molecule has 0 amide bonds. The van der Waals surface area contributed by atoms with Crippen molar-refractivity contribution in [2.24, 2.45) is 0 Å². The summed E-state index contributed by atoms with van der Waals surface area (Å²) in [6.45, 7) is 8.58. The molecule has 0 spiro atoms. The zero-order valence-electron chi connectivity index (χ0n) is 11.1. The van der Waals surface area contributed by atoms with Crippen molar-refractivity contribution in [1.82, 2.24) is 0 Å². The Morgan fingerprint density at radius 3 is 2.06 bits per heavy atom. The summed E-state index contributed by atoms with van der Waals surface area (Å²) >= 11 is 0. The Morgan fingerprint density at radius 1 is 0.833 bits per heavy atom. The van der Waals surface area contributed by atoms with Crippen molar-refractivity contribution in [3.63, 3.8) is 0 Å². The molecule has 0 aromatic heterocycles. The molecule has 0 saturated heterocycles. The van der Waals surface area contributed by atoms with E-state index >= 15 is 0 Å². The zero-order chi connectivity index (χ0) is 13.3. The standard InChI is InChI=1S/C14H24O4/c1-3-11-15-17-13-9-7-5-6-8-10-14-18-16-12-4-2/h3,12H,1-2,5-11,13-14H2. The molecule has 0 aromatic rings. The molecular formula is C14H24O4. The average molecular weight is 256 g/mol. The lowest BCUT2D eigenvalue weighted by Gasteiger charge is -2.03. The molecule has 0 heterocycles. The van der Waals surface area contributed by atoms with Crippen molar-refractivity contribution in [3.8, 4) is 0 Å². The first kappa shape index (κ1) is 16.9. The van der Waals surface area contributed by atoms with Gasteiger partial charge in [0.2, 0.25) is 0 Å².